The number of H-pyrrole nitrogens is 1. The molecule has 0 radical (unpaired) electrons. The van der Waals surface area contributed by atoms with Crippen molar-refractivity contribution in [2.24, 2.45) is 5.92 Å². The second kappa shape index (κ2) is 17.0. The van der Waals surface area contributed by atoms with Crippen LogP contribution < -0.4 is 23.5 Å². The number of nitrogens with zero attached hydrogens (tertiary/aromatic N) is 2. The smallest absolute Gasteiger partial charge is 0.387 e. The van der Waals surface area contributed by atoms with E-state index in [9.17, 15) is 22.0 Å². The molecule has 5 rings (SSSR count). The average molecular weight is 747 g/mol. The van der Waals surface area contributed by atoms with Crippen LogP contribution in [0.3, 0.4) is 0 Å². The van der Waals surface area contributed by atoms with Gasteiger partial charge in [-0.2, -0.15) is 8.78 Å². The van der Waals surface area contributed by atoms with Crippen LogP contribution in [0.2, 0.25) is 10.0 Å². The highest BCUT2D eigenvalue weighted by atomic mass is 35.5. The van der Waals surface area contributed by atoms with Crippen LogP contribution in [0.15, 0.2) is 48.8 Å². The van der Waals surface area contributed by atoms with E-state index in [0.29, 0.717) is 40.2 Å². The van der Waals surface area contributed by atoms with Gasteiger partial charge in [0.25, 0.3) is 0 Å². The second-order valence-corrected chi connectivity index (χ2v) is 14.6. The molecule has 1 aliphatic carbocycles. The summed E-state index contributed by atoms with van der Waals surface area (Å²) in [4.78, 5) is 18.9. The third-order valence-electron chi connectivity index (χ3n) is 8.26. The van der Waals surface area contributed by atoms with Gasteiger partial charge in [-0.25, -0.2) is 18.2 Å². The monoisotopic (exact) mass is 745 g/mol. The first-order valence-corrected chi connectivity index (χ1v) is 18.2. The molecule has 2 N–H and O–H groups in total. The van der Waals surface area contributed by atoms with Crippen LogP contribution in [0.25, 0.3) is 0 Å². The van der Waals surface area contributed by atoms with Crippen LogP contribution in [0.5, 0.6) is 17.2 Å². The largest absolute Gasteiger partial charge is 0.870 e. The number of methoxy groups -OCH3 is 1. The maximum atomic E-state index is 13.8. The third kappa shape index (κ3) is 10.3. The Morgan fingerprint density at radius 1 is 1.04 bits per heavy atom. The van der Waals surface area contributed by atoms with Crippen LogP contribution in [0, 0.1) is 5.92 Å². The van der Waals surface area contributed by atoms with Gasteiger partial charge in [0.1, 0.15) is 21.9 Å². The van der Waals surface area contributed by atoms with E-state index in [1.807, 2.05) is 0 Å². The highest BCUT2D eigenvalue weighted by Crippen LogP contribution is 2.39. The molecule has 0 spiro atoms. The molecule has 0 amide bonds. The van der Waals surface area contributed by atoms with Gasteiger partial charge >= 0.3 is 12.6 Å². The summed E-state index contributed by atoms with van der Waals surface area (Å²) in [6, 6.07) is 8.74. The van der Waals surface area contributed by atoms with E-state index in [-0.39, 0.29) is 46.9 Å². The first-order valence-electron chi connectivity index (χ1n) is 15.6. The fourth-order valence-corrected chi connectivity index (χ4v) is 6.97. The van der Waals surface area contributed by atoms with Crippen LogP contribution in [-0.4, -0.2) is 77.5 Å². The first kappa shape index (κ1) is 38.4. The number of anilines is 1. The number of alkyl halides is 2. The van der Waals surface area contributed by atoms with Gasteiger partial charge in [0, 0.05) is 25.1 Å². The number of benzene rings is 2. The molecule has 49 heavy (non-hydrogen) atoms. The molecule has 16 heteroatoms. The van der Waals surface area contributed by atoms with Gasteiger partial charge in [-0.3, -0.25) is 4.31 Å². The minimum absolute atomic E-state index is 0. The number of aromatic nitrogens is 1. The van der Waals surface area contributed by atoms with Gasteiger partial charge in [0.2, 0.25) is 10.0 Å². The van der Waals surface area contributed by atoms with Crippen molar-refractivity contribution in [2.75, 3.05) is 50.5 Å². The van der Waals surface area contributed by atoms with E-state index in [1.54, 1.807) is 0 Å². The number of hydrogen-bond donors (Lipinski definition) is 0. The number of esters is 1. The van der Waals surface area contributed by atoms with Crippen molar-refractivity contribution in [1.29, 1.82) is 0 Å². The lowest BCUT2D eigenvalue weighted by atomic mass is 10.0. The Balaban J connectivity index is 0.00000541. The van der Waals surface area contributed by atoms with E-state index in [1.165, 1.54) is 60.2 Å². The molecular formula is C33H39Cl2F2N3O8S. The molecule has 2 fully saturated rings. The normalized spacial score (nSPS) is 15.4. The third-order valence-corrected chi connectivity index (χ3v) is 10.1. The highest BCUT2D eigenvalue weighted by Gasteiger charge is 2.28. The van der Waals surface area contributed by atoms with E-state index in [0.717, 1.165) is 45.0 Å². The number of sulfonamides is 1. The minimum atomic E-state index is -3.76. The van der Waals surface area contributed by atoms with Crippen LogP contribution in [0.4, 0.5) is 14.5 Å². The van der Waals surface area contributed by atoms with Crippen LogP contribution in [-0.2, 0) is 21.2 Å². The SMILES string of the molecule is COc1ccc(C(=O)O[C@@H](Cc2c(Cl)c[nH+]cc2Cl)c2ccc(OC(F)F)c(OCC3CC3)c2)cc1N(CCN1CCCC1)S(C)(=O)=O.[OH-]. The predicted molar refractivity (Wildman–Crippen MR) is 179 cm³/mol. The molecule has 1 saturated carbocycles. The lowest BCUT2D eigenvalue weighted by molar-refractivity contribution is -0.377. The van der Waals surface area contributed by atoms with Crippen LogP contribution >= 0.6 is 23.2 Å². The summed E-state index contributed by atoms with van der Waals surface area (Å²) in [5.41, 5.74) is 1.14. The highest BCUT2D eigenvalue weighted by molar-refractivity contribution is 7.92. The van der Waals surface area contributed by atoms with Crippen molar-refractivity contribution in [1.82, 2.24) is 4.90 Å². The number of likely N-dealkylation sites (tertiary alicyclic amines) is 1. The summed E-state index contributed by atoms with van der Waals surface area (Å²) >= 11 is 12.9. The molecule has 11 nitrogen and oxygen atoms in total. The van der Waals surface area contributed by atoms with E-state index >= 15 is 0 Å². The van der Waals surface area contributed by atoms with Crippen molar-refractivity contribution in [3.8, 4) is 17.2 Å². The number of hydrogen-bond acceptors (Lipinski definition) is 9. The summed E-state index contributed by atoms with van der Waals surface area (Å²) in [6.45, 7) is -0.300. The Bertz CT molecular complexity index is 1690. The summed E-state index contributed by atoms with van der Waals surface area (Å²) in [5.74, 6) is -0.264. The Labute approximate surface area is 294 Å². The molecule has 3 aromatic rings. The molecule has 0 unspecified atom stereocenters. The summed E-state index contributed by atoms with van der Waals surface area (Å²) < 4.78 is 75.7. The molecule has 268 valence electrons. The number of ether oxygens (including phenoxy) is 4. The number of carbonyl (C=O) groups is 1. The van der Waals surface area contributed by atoms with Crippen molar-refractivity contribution in [3.05, 3.63) is 75.5 Å². The molecule has 1 aromatic heterocycles. The summed E-state index contributed by atoms with van der Waals surface area (Å²) in [6.07, 6.45) is 7.22. The number of nitrogens with one attached hydrogen (secondary N) is 1. The number of carbonyl (C=O) groups excluding carboxylic acids is 1. The zero-order valence-electron chi connectivity index (χ0n) is 27.0. The first-order chi connectivity index (χ1) is 22.9. The van der Waals surface area contributed by atoms with Gasteiger partial charge in [-0.15, -0.1) is 0 Å². The van der Waals surface area contributed by atoms with Crippen LogP contribution in [0.1, 0.15) is 53.3 Å². The lowest BCUT2D eigenvalue weighted by Crippen LogP contribution is -2.37. The average Bonchev–Trinajstić information content (AvgIpc) is 3.73. The number of aromatic amines is 1. The zero-order chi connectivity index (χ0) is 34.4. The number of rotatable bonds is 16. The standard InChI is InChI=1S/C33H37Cl2F2N3O7S.H2O/c1-44-28-9-8-23(15-27(28)40(48(2,42)43)14-13-39-11-3-4-12-39)32(41)46-30(17-24-25(34)18-38-19-26(24)35)22-7-10-29(47-33(36)37)31(16-22)45-20-21-5-6-21;/h7-10,15-16,18-19,21,30,33H,3-6,11-14,17,20H2,1-2H3;1H2/t30-;/m0./s1. The Morgan fingerprint density at radius 3 is 2.33 bits per heavy atom. The molecule has 2 aliphatic rings. The minimum Gasteiger partial charge on any atom is -0.870 e. The van der Waals surface area contributed by atoms with Gasteiger partial charge in [-0.1, -0.05) is 29.3 Å². The van der Waals surface area contributed by atoms with Gasteiger partial charge in [0.15, 0.2) is 23.9 Å². The molecule has 2 heterocycles. The van der Waals surface area contributed by atoms with E-state index < -0.39 is 28.7 Å². The number of halogens is 4. The maximum absolute atomic E-state index is 13.8. The molecular weight excluding hydrogens is 707 g/mol. The molecule has 0 bridgehead atoms. The summed E-state index contributed by atoms with van der Waals surface area (Å²) in [7, 11) is -2.34. The second-order valence-electron chi connectivity index (χ2n) is 11.8. The summed E-state index contributed by atoms with van der Waals surface area (Å²) in [5, 5.41) is 0.583. The predicted octanol–water partition coefficient (Wildman–Crippen LogP) is 6.03. The topological polar surface area (TPSA) is 139 Å². The lowest BCUT2D eigenvalue weighted by Gasteiger charge is -2.27. The van der Waals surface area contributed by atoms with Crippen molar-refractivity contribution in [2.45, 2.75) is 44.8 Å². The Kier molecular flexibility index (Phi) is 13.3. The van der Waals surface area contributed by atoms with E-state index in [2.05, 4.69) is 9.88 Å². The van der Waals surface area contributed by atoms with Gasteiger partial charge in [0.05, 0.1) is 31.2 Å². The maximum Gasteiger partial charge on any atom is 0.387 e. The molecule has 1 atom stereocenters. The zero-order valence-corrected chi connectivity index (χ0v) is 29.4. The quantitative estimate of drug-likeness (QED) is 0.161. The Morgan fingerprint density at radius 2 is 1.71 bits per heavy atom. The van der Waals surface area contributed by atoms with E-state index in [4.69, 9.17) is 42.1 Å². The van der Waals surface area contributed by atoms with Crippen molar-refractivity contribution in [3.63, 3.8) is 0 Å². The van der Waals surface area contributed by atoms with Gasteiger partial charge in [-0.05, 0) is 80.6 Å². The fourth-order valence-electron chi connectivity index (χ4n) is 5.52. The van der Waals surface area contributed by atoms with Crippen molar-refractivity contribution >= 4 is 44.9 Å². The van der Waals surface area contributed by atoms with Gasteiger partial charge < -0.3 is 29.3 Å². The molecule has 2 aromatic carbocycles. The fraction of sp³-hybridized carbons (Fsp3) is 0.455. The number of pyridine rings is 1. The van der Waals surface area contributed by atoms with Crippen molar-refractivity contribution < 1.29 is 51.4 Å². The Hall–Kier alpha value is -3.43. The molecule has 1 aliphatic heterocycles. The molecule has 1 saturated heterocycles.